The first-order valence-corrected chi connectivity index (χ1v) is 5.62. The maximum Gasteiger partial charge on any atom is 0.139 e. The minimum atomic E-state index is 0.288. The first-order chi connectivity index (χ1) is 8.29. The van der Waals surface area contributed by atoms with Gasteiger partial charge < -0.3 is 10.4 Å². The van der Waals surface area contributed by atoms with Crippen LogP contribution in [0.15, 0.2) is 48.5 Å². The van der Waals surface area contributed by atoms with Crippen LogP contribution in [0.2, 0.25) is 0 Å². The topological polar surface area (TPSA) is 32.3 Å². The molecule has 0 aliphatic rings. The summed E-state index contributed by atoms with van der Waals surface area (Å²) in [5, 5.41) is 17.5. The SMILES string of the molecule is CNc1cc2ccc3ccccc3c2cc1O. The molecule has 3 rings (SSSR count). The minimum absolute atomic E-state index is 0.288. The van der Waals surface area contributed by atoms with Gasteiger partial charge in [-0.2, -0.15) is 0 Å². The van der Waals surface area contributed by atoms with E-state index in [0.29, 0.717) is 0 Å². The Balaban J connectivity index is 2.46. The van der Waals surface area contributed by atoms with Crippen LogP contribution in [0.4, 0.5) is 5.69 Å². The van der Waals surface area contributed by atoms with E-state index in [2.05, 4.69) is 29.6 Å². The van der Waals surface area contributed by atoms with Gasteiger partial charge in [0, 0.05) is 7.05 Å². The Labute approximate surface area is 99.5 Å². The summed E-state index contributed by atoms with van der Waals surface area (Å²) in [6, 6.07) is 16.2. The lowest BCUT2D eigenvalue weighted by Crippen LogP contribution is -1.88. The third-order valence-corrected chi connectivity index (χ3v) is 3.13. The van der Waals surface area contributed by atoms with E-state index in [0.717, 1.165) is 16.5 Å². The summed E-state index contributed by atoms with van der Waals surface area (Å²) >= 11 is 0. The van der Waals surface area contributed by atoms with Gasteiger partial charge in [-0.3, -0.25) is 0 Å². The fourth-order valence-corrected chi connectivity index (χ4v) is 2.24. The first-order valence-electron chi connectivity index (χ1n) is 5.62. The van der Waals surface area contributed by atoms with Crippen molar-refractivity contribution in [1.29, 1.82) is 0 Å². The van der Waals surface area contributed by atoms with Gasteiger partial charge in [0.25, 0.3) is 0 Å². The van der Waals surface area contributed by atoms with Crippen molar-refractivity contribution in [2.45, 2.75) is 0 Å². The highest BCUT2D eigenvalue weighted by molar-refractivity contribution is 6.09. The summed E-state index contributed by atoms with van der Waals surface area (Å²) < 4.78 is 0. The van der Waals surface area contributed by atoms with Crippen LogP contribution >= 0.6 is 0 Å². The van der Waals surface area contributed by atoms with Crippen LogP contribution in [-0.4, -0.2) is 12.2 Å². The molecule has 0 spiro atoms. The Hall–Kier alpha value is -2.22. The molecule has 0 bridgehead atoms. The Morgan fingerprint density at radius 1 is 0.882 bits per heavy atom. The van der Waals surface area contributed by atoms with Crippen molar-refractivity contribution in [3.8, 4) is 5.75 Å². The van der Waals surface area contributed by atoms with Gasteiger partial charge in [-0.15, -0.1) is 0 Å². The van der Waals surface area contributed by atoms with Gasteiger partial charge in [0.05, 0.1) is 5.69 Å². The minimum Gasteiger partial charge on any atom is -0.506 e. The predicted molar refractivity (Wildman–Crippen MR) is 72.7 cm³/mol. The van der Waals surface area contributed by atoms with Crippen molar-refractivity contribution in [1.82, 2.24) is 0 Å². The van der Waals surface area contributed by atoms with Crippen LogP contribution in [0, 0.1) is 0 Å². The quantitative estimate of drug-likeness (QED) is 0.486. The highest BCUT2D eigenvalue weighted by atomic mass is 16.3. The van der Waals surface area contributed by atoms with Gasteiger partial charge >= 0.3 is 0 Å². The molecule has 3 aromatic rings. The summed E-state index contributed by atoms with van der Waals surface area (Å²) in [6.07, 6.45) is 0. The fourth-order valence-electron chi connectivity index (χ4n) is 2.24. The molecular formula is C15H13NO. The normalized spacial score (nSPS) is 10.9. The van der Waals surface area contributed by atoms with E-state index >= 15 is 0 Å². The number of hydrogen-bond donors (Lipinski definition) is 2. The molecule has 0 heterocycles. The Morgan fingerprint density at radius 2 is 1.65 bits per heavy atom. The summed E-state index contributed by atoms with van der Waals surface area (Å²) in [5.41, 5.74) is 0.757. The smallest absolute Gasteiger partial charge is 0.139 e. The molecule has 3 aromatic carbocycles. The third kappa shape index (κ3) is 1.49. The van der Waals surface area contributed by atoms with E-state index in [-0.39, 0.29) is 5.75 Å². The molecule has 84 valence electrons. The van der Waals surface area contributed by atoms with Crippen LogP contribution in [0.5, 0.6) is 5.75 Å². The zero-order chi connectivity index (χ0) is 11.8. The Morgan fingerprint density at radius 3 is 2.47 bits per heavy atom. The van der Waals surface area contributed by atoms with Gasteiger partial charge in [-0.25, -0.2) is 0 Å². The third-order valence-electron chi connectivity index (χ3n) is 3.13. The predicted octanol–water partition coefficient (Wildman–Crippen LogP) is 3.74. The van der Waals surface area contributed by atoms with Gasteiger partial charge in [0.1, 0.15) is 5.75 Å². The molecule has 17 heavy (non-hydrogen) atoms. The number of anilines is 1. The van der Waals surface area contributed by atoms with Gasteiger partial charge in [0.2, 0.25) is 0 Å². The van der Waals surface area contributed by atoms with Crippen LogP contribution in [0.1, 0.15) is 0 Å². The summed E-state index contributed by atoms with van der Waals surface area (Å²) in [6.45, 7) is 0. The number of phenolic OH excluding ortho intramolecular Hbond substituents is 1. The standard InChI is InChI=1S/C15H13NO/c1-16-14-8-11-7-6-10-4-2-3-5-12(10)13(11)9-15(14)17/h2-9,16-17H,1H3. The van der Waals surface area contributed by atoms with Crippen LogP contribution in [-0.2, 0) is 0 Å². The number of aromatic hydroxyl groups is 1. The summed E-state index contributed by atoms with van der Waals surface area (Å²) in [4.78, 5) is 0. The second-order valence-corrected chi connectivity index (χ2v) is 4.13. The highest BCUT2D eigenvalue weighted by Crippen LogP contribution is 2.33. The van der Waals surface area contributed by atoms with E-state index in [1.54, 1.807) is 0 Å². The van der Waals surface area contributed by atoms with Crippen molar-refractivity contribution in [2.75, 3.05) is 12.4 Å². The molecule has 0 aliphatic carbocycles. The van der Waals surface area contributed by atoms with Crippen molar-refractivity contribution >= 4 is 27.2 Å². The molecule has 2 heteroatoms. The van der Waals surface area contributed by atoms with Crippen molar-refractivity contribution in [2.24, 2.45) is 0 Å². The Kier molecular flexibility index (Phi) is 2.15. The fraction of sp³-hybridized carbons (Fsp3) is 0.0667. The largest absolute Gasteiger partial charge is 0.506 e. The average Bonchev–Trinajstić information content (AvgIpc) is 2.38. The molecule has 0 fully saturated rings. The number of rotatable bonds is 1. The van der Waals surface area contributed by atoms with E-state index in [1.165, 1.54) is 10.8 Å². The number of nitrogens with one attached hydrogen (secondary N) is 1. The molecule has 0 aromatic heterocycles. The van der Waals surface area contributed by atoms with Crippen molar-refractivity contribution in [3.63, 3.8) is 0 Å². The summed E-state index contributed by atoms with van der Waals surface area (Å²) in [5.74, 6) is 0.288. The van der Waals surface area contributed by atoms with Crippen LogP contribution < -0.4 is 5.32 Å². The molecule has 2 N–H and O–H groups in total. The molecule has 0 amide bonds. The lowest BCUT2D eigenvalue weighted by atomic mass is 10.0. The average molecular weight is 223 g/mol. The first kappa shape index (κ1) is 9.97. The lowest BCUT2D eigenvalue weighted by Gasteiger charge is -2.08. The maximum absolute atomic E-state index is 9.91. The van der Waals surface area contributed by atoms with Crippen LogP contribution in [0.3, 0.4) is 0 Å². The zero-order valence-electron chi connectivity index (χ0n) is 9.57. The van der Waals surface area contributed by atoms with E-state index < -0.39 is 0 Å². The lowest BCUT2D eigenvalue weighted by molar-refractivity contribution is 0.478. The molecule has 0 atom stereocenters. The second-order valence-electron chi connectivity index (χ2n) is 4.13. The molecule has 0 saturated carbocycles. The second kappa shape index (κ2) is 3.67. The van der Waals surface area contributed by atoms with Crippen molar-refractivity contribution in [3.05, 3.63) is 48.5 Å². The number of fused-ring (bicyclic) bond motifs is 3. The molecule has 0 radical (unpaired) electrons. The van der Waals surface area contributed by atoms with E-state index in [9.17, 15) is 5.11 Å². The van der Waals surface area contributed by atoms with E-state index in [1.807, 2.05) is 31.3 Å². The van der Waals surface area contributed by atoms with Crippen LogP contribution in [0.25, 0.3) is 21.5 Å². The molecule has 0 unspecified atom stereocenters. The molecule has 0 saturated heterocycles. The maximum atomic E-state index is 9.91. The highest BCUT2D eigenvalue weighted by Gasteiger charge is 2.05. The van der Waals surface area contributed by atoms with Gasteiger partial charge in [-0.05, 0) is 33.7 Å². The number of phenols is 1. The monoisotopic (exact) mass is 223 g/mol. The van der Waals surface area contributed by atoms with Gasteiger partial charge in [0.15, 0.2) is 0 Å². The van der Waals surface area contributed by atoms with Crippen molar-refractivity contribution < 1.29 is 5.11 Å². The Bertz CT molecular complexity index is 704. The number of hydrogen-bond acceptors (Lipinski definition) is 2. The van der Waals surface area contributed by atoms with E-state index in [4.69, 9.17) is 0 Å². The molecular weight excluding hydrogens is 210 g/mol. The molecule has 0 aliphatic heterocycles. The summed E-state index contributed by atoms with van der Waals surface area (Å²) in [7, 11) is 1.81. The van der Waals surface area contributed by atoms with Gasteiger partial charge in [-0.1, -0.05) is 36.4 Å². The number of benzene rings is 3. The molecule has 2 nitrogen and oxygen atoms in total. The zero-order valence-corrected chi connectivity index (χ0v) is 9.57.